The number of allylic oxidation sites excluding steroid dienone is 2. The Labute approximate surface area is 172 Å². The number of carbonyl (C=O) groups is 1. The zero-order valence-electron chi connectivity index (χ0n) is 15.8. The van der Waals surface area contributed by atoms with Crippen LogP contribution < -0.4 is 10.6 Å². The first-order valence-corrected chi connectivity index (χ1v) is 9.65. The summed E-state index contributed by atoms with van der Waals surface area (Å²) in [6.07, 6.45) is 8.43. The van der Waals surface area contributed by atoms with E-state index in [0.717, 1.165) is 5.56 Å². The molecule has 0 saturated carbocycles. The molecule has 1 unspecified atom stereocenters. The molecule has 4 rings (SSSR count). The molecule has 1 aliphatic carbocycles. The van der Waals surface area contributed by atoms with E-state index in [4.69, 9.17) is 11.6 Å². The summed E-state index contributed by atoms with van der Waals surface area (Å²) in [6.45, 7) is 1.89. The van der Waals surface area contributed by atoms with Crippen LogP contribution in [0.2, 0.25) is 5.02 Å². The number of aromatic amines is 1. The summed E-state index contributed by atoms with van der Waals surface area (Å²) in [7, 11) is 0. The topological polar surface area (TPSA) is 69.8 Å². The summed E-state index contributed by atoms with van der Waals surface area (Å²) in [6, 6.07) is 11.2. The third-order valence-electron chi connectivity index (χ3n) is 4.97. The molecule has 0 radical (unpaired) electrons. The molecular weight excluding hydrogens is 391 g/mol. The highest BCUT2D eigenvalue weighted by molar-refractivity contribution is 6.34. The number of fused-ring (bicyclic) bond motifs is 1. The van der Waals surface area contributed by atoms with Gasteiger partial charge in [-0.25, -0.2) is 4.39 Å². The molecule has 0 saturated heterocycles. The molecule has 7 heteroatoms. The average molecular weight is 411 g/mol. The molecule has 5 nitrogen and oxygen atoms in total. The van der Waals surface area contributed by atoms with Crippen LogP contribution >= 0.6 is 11.6 Å². The number of aromatic nitrogens is 2. The van der Waals surface area contributed by atoms with E-state index in [9.17, 15) is 9.18 Å². The summed E-state index contributed by atoms with van der Waals surface area (Å²) in [4.78, 5) is 11.7. The Bertz CT molecular complexity index is 1120. The Morgan fingerprint density at radius 2 is 2.10 bits per heavy atom. The van der Waals surface area contributed by atoms with Gasteiger partial charge >= 0.3 is 0 Å². The third-order valence-corrected chi connectivity index (χ3v) is 5.34. The van der Waals surface area contributed by atoms with E-state index >= 15 is 0 Å². The molecule has 3 aromatic rings. The molecular formula is C22H20ClFN4O. The van der Waals surface area contributed by atoms with Gasteiger partial charge in [0.2, 0.25) is 5.91 Å². The number of hydrogen-bond acceptors (Lipinski definition) is 3. The van der Waals surface area contributed by atoms with E-state index in [1.807, 2.05) is 60.7 Å². The summed E-state index contributed by atoms with van der Waals surface area (Å²) in [5.41, 5.74) is 1.09. The Hall–Kier alpha value is -3.12. The molecule has 1 heterocycles. The van der Waals surface area contributed by atoms with Crippen LogP contribution in [-0.2, 0) is 4.79 Å². The van der Waals surface area contributed by atoms with Crippen molar-refractivity contribution in [2.45, 2.75) is 18.9 Å². The van der Waals surface area contributed by atoms with Crippen molar-refractivity contribution < 1.29 is 9.18 Å². The lowest BCUT2D eigenvalue weighted by Gasteiger charge is -2.32. The molecule has 0 fully saturated rings. The van der Waals surface area contributed by atoms with Gasteiger partial charge in [0, 0.05) is 24.4 Å². The first-order valence-electron chi connectivity index (χ1n) is 9.27. The highest BCUT2D eigenvalue weighted by Crippen LogP contribution is 2.37. The molecule has 0 aliphatic heterocycles. The molecule has 2 aromatic carbocycles. The van der Waals surface area contributed by atoms with Crippen LogP contribution in [0, 0.1) is 5.82 Å². The van der Waals surface area contributed by atoms with Crippen molar-refractivity contribution in [2.75, 3.05) is 11.9 Å². The highest BCUT2D eigenvalue weighted by atomic mass is 35.5. The second-order valence-corrected chi connectivity index (χ2v) is 7.47. The van der Waals surface area contributed by atoms with Crippen molar-refractivity contribution in [1.29, 1.82) is 0 Å². The fourth-order valence-electron chi connectivity index (χ4n) is 3.58. The number of nitrogens with zero attached hydrogens (tertiary/aromatic N) is 1. The second-order valence-electron chi connectivity index (χ2n) is 7.10. The van der Waals surface area contributed by atoms with Crippen molar-refractivity contribution in [3.05, 3.63) is 71.5 Å². The SMILES string of the molecule is CC(=O)NC1(CNc2n[nH]c3c(F)c(Cl)c(-c4ccccc4)cc23)C=CC=CC1. The normalized spacial score (nSPS) is 18.2. The Morgan fingerprint density at radius 1 is 1.31 bits per heavy atom. The standard InChI is InChI=1S/C22H20ClFN4O/c1-14(29)26-22(10-6-3-7-11-22)13-25-21-17-12-16(15-8-4-2-5-9-15)18(23)19(24)20(17)27-28-21/h2-10,12H,11,13H2,1H3,(H,26,29)(H2,25,27,28). The fraction of sp³-hybridized carbons (Fsp3) is 0.182. The summed E-state index contributed by atoms with van der Waals surface area (Å²) in [5, 5.41) is 13.9. The highest BCUT2D eigenvalue weighted by Gasteiger charge is 2.28. The van der Waals surface area contributed by atoms with Gasteiger partial charge in [-0.05, 0) is 18.1 Å². The summed E-state index contributed by atoms with van der Waals surface area (Å²) < 4.78 is 14.9. The molecule has 1 aliphatic rings. The molecule has 1 atom stereocenters. The van der Waals surface area contributed by atoms with Crippen LogP contribution in [0.4, 0.5) is 10.2 Å². The van der Waals surface area contributed by atoms with Gasteiger partial charge in [-0.1, -0.05) is 66.2 Å². The van der Waals surface area contributed by atoms with Gasteiger partial charge in [-0.2, -0.15) is 5.10 Å². The largest absolute Gasteiger partial charge is 0.365 e. The van der Waals surface area contributed by atoms with Crippen molar-refractivity contribution in [3.8, 4) is 11.1 Å². The Morgan fingerprint density at radius 3 is 2.79 bits per heavy atom. The number of hydrogen-bond donors (Lipinski definition) is 3. The fourth-order valence-corrected chi connectivity index (χ4v) is 3.84. The molecule has 1 amide bonds. The Balaban J connectivity index is 1.70. The molecule has 0 spiro atoms. The van der Waals surface area contributed by atoms with Gasteiger partial charge in [-0.3, -0.25) is 9.89 Å². The van der Waals surface area contributed by atoms with Gasteiger partial charge in [0.05, 0.1) is 10.6 Å². The number of benzene rings is 2. The molecule has 0 bridgehead atoms. The lowest BCUT2D eigenvalue weighted by atomic mass is 9.91. The lowest BCUT2D eigenvalue weighted by Crippen LogP contribution is -2.51. The van der Waals surface area contributed by atoms with Gasteiger partial charge in [0.15, 0.2) is 11.6 Å². The van der Waals surface area contributed by atoms with Crippen LogP contribution in [0.5, 0.6) is 0 Å². The monoisotopic (exact) mass is 410 g/mol. The van der Waals surface area contributed by atoms with E-state index in [1.54, 1.807) is 0 Å². The zero-order chi connectivity index (χ0) is 20.4. The first-order chi connectivity index (χ1) is 14.0. The quantitative estimate of drug-likeness (QED) is 0.564. The minimum Gasteiger partial charge on any atom is -0.365 e. The number of carbonyl (C=O) groups excluding carboxylic acids is 1. The van der Waals surface area contributed by atoms with E-state index in [1.165, 1.54) is 6.92 Å². The van der Waals surface area contributed by atoms with Gasteiger partial charge in [0.25, 0.3) is 0 Å². The van der Waals surface area contributed by atoms with Crippen LogP contribution in [0.15, 0.2) is 60.7 Å². The van der Waals surface area contributed by atoms with Crippen molar-refractivity contribution in [2.24, 2.45) is 0 Å². The maximum absolute atomic E-state index is 14.9. The second kappa shape index (κ2) is 7.72. The number of amides is 1. The summed E-state index contributed by atoms with van der Waals surface area (Å²) in [5.74, 6) is -0.163. The smallest absolute Gasteiger partial charge is 0.217 e. The molecule has 3 N–H and O–H groups in total. The minimum absolute atomic E-state index is 0.0500. The molecule has 148 valence electrons. The van der Waals surface area contributed by atoms with Crippen LogP contribution in [0.1, 0.15) is 13.3 Å². The van der Waals surface area contributed by atoms with Crippen molar-refractivity contribution >= 4 is 34.2 Å². The first kappa shape index (κ1) is 19.2. The number of anilines is 1. The Kier molecular flexibility index (Phi) is 5.11. The van der Waals surface area contributed by atoms with Crippen LogP contribution in [-0.4, -0.2) is 28.2 Å². The van der Waals surface area contributed by atoms with Crippen LogP contribution in [0.3, 0.4) is 0 Å². The molecule has 29 heavy (non-hydrogen) atoms. The van der Waals surface area contributed by atoms with E-state index in [2.05, 4.69) is 20.8 Å². The number of nitrogens with one attached hydrogen (secondary N) is 3. The van der Waals surface area contributed by atoms with Gasteiger partial charge in [0.1, 0.15) is 5.52 Å². The number of rotatable bonds is 5. The number of H-pyrrole nitrogens is 1. The lowest BCUT2D eigenvalue weighted by molar-refractivity contribution is -0.120. The summed E-state index contributed by atoms with van der Waals surface area (Å²) >= 11 is 6.29. The third kappa shape index (κ3) is 3.76. The van der Waals surface area contributed by atoms with Gasteiger partial charge in [-0.15, -0.1) is 0 Å². The zero-order valence-corrected chi connectivity index (χ0v) is 16.6. The van der Waals surface area contributed by atoms with E-state index < -0.39 is 11.4 Å². The van der Waals surface area contributed by atoms with Crippen molar-refractivity contribution in [3.63, 3.8) is 0 Å². The minimum atomic E-state index is -0.570. The maximum Gasteiger partial charge on any atom is 0.217 e. The van der Waals surface area contributed by atoms with Crippen LogP contribution in [0.25, 0.3) is 22.0 Å². The number of halogens is 2. The van der Waals surface area contributed by atoms with Gasteiger partial charge < -0.3 is 10.6 Å². The molecule has 1 aromatic heterocycles. The van der Waals surface area contributed by atoms with E-state index in [0.29, 0.717) is 29.7 Å². The van der Waals surface area contributed by atoms with E-state index in [-0.39, 0.29) is 16.4 Å². The predicted octanol–water partition coefficient (Wildman–Crippen LogP) is 4.83. The predicted molar refractivity (Wildman–Crippen MR) is 114 cm³/mol. The maximum atomic E-state index is 14.9. The average Bonchev–Trinajstić information content (AvgIpc) is 3.13. The van der Waals surface area contributed by atoms with Crippen molar-refractivity contribution in [1.82, 2.24) is 15.5 Å².